The topological polar surface area (TPSA) is 110 Å². The van der Waals surface area contributed by atoms with Gasteiger partial charge in [-0.1, -0.05) is 12.1 Å². The summed E-state index contributed by atoms with van der Waals surface area (Å²) in [4.78, 5) is 18.4. The molecule has 0 amide bonds. The van der Waals surface area contributed by atoms with E-state index in [1.54, 1.807) is 31.5 Å². The zero-order valence-electron chi connectivity index (χ0n) is 15.1. The Morgan fingerprint density at radius 1 is 1.11 bits per heavy atom. The summed E-state index contributed by atoms with van der Waals surface area (Å²) in [5.74, 6) is -0.318. The molecule has 0 bridgehead atoms. The highest BCUT2D eigenvalue weighted by atomic mass is 31.2. The molecule has 2 N–H and O–H groups in total. The maximum Gasteiger partial charge on any atom is 0.306 e. The van der Waals surface area contributed by atoms with E-state index in [0.29, 0.717) is 16.8 Å². The van der Waals surface area contributed by atoms with E-state index in [4.69, 9.17) is 0 Å². The number of benzene rings is 2. The van der Waals surface area contributed by atoms with Gasteiger partial charge in [0.2, 0.25) is 11.8 Å². The van der Waals surface area contributed by atoms with Crippen LogP contribution in [0.1, 0.15) is 0 Å². The van der Waals surface area contributed by atoms with Gasteiger partial charge in [0.15, 0.2) is 0 Å². The van der Waals surface area contributed by atoms with Crippen LogP contribution in [0.2, 0.25) is 0 Å². The molecule has 0 radical (unpaired) electrons. The zero-order valence-corrected chi connectivity index (χ0v) is 16.0. The summed E-state index contributed by atoms with van der Waals surface area (Å²) in [6, 6.07) is 12.3. The molecule has 3 aromatic rings. The van der Waals surface area contributed by atoms with Crippen LogP contribution in [-0.2, 0) is 4.57 Å². The Hall–Kier alpha value is -3.32. The standard InChI is InChI=1S/C18H17FN5O3P/c1-28(2,27)16-6-4-3-5-14(16)22-17-9-10-20-18(23-17)21-12-7-8-13(19)15(11-12)24(25)26/h3-11H,1-2H3,(H2,20,21,22,23). The molecule has 0 atom stereocenters. The van der Waals surface area contributed by atoms with Gasteiger partial charge in [-0.15, -0.1) is 0 Å². The number of nitro groups is 1. The number of halogens is 1. The molecule has 10 heteroatoms. The molecule has 1 heterocycles. The number of nitrogens with zero attached hydrogens (tertiary/aromatic N) is 3. The van der Waals surface area contributed by atoms with Crippen molar-refractivity contribution in [2.75, 3.05) is 24.0 Å². The average molecular weight is 401 g/mol. The lowest BCUT2D eigenvalue weighted by molar-refractivity contribution is -0.387. The minimum atomic E-state index is -2.50. The molecule has 0 fully saturated rings. The molecule has 0 aliphatic carbocycles. The second kappa shape index (κ2) is 7.74. The van der Waals surface area contributed by atoms with Crippen molar-refractivity contribution in [1.29, 1.82) is 0 Å². The number of para-hydroxylation sites is 1. The normalized spacial score (nSPS) is 11.1. The molecule has 0 aliphatic rings. The predicted molar refractivity (Wildman–Crippen MR) is 107 cm³/mol. The maximum absolute atomic E-state index is 13.5. The smallest absolute Gasteiger partial charge is 0.306 e. The fourth-order valence-electron chi connectivity index (χ4n) is 2.53. The number of nitrogens with one attached hydrogen (secondary N) is 2. The monoisotopic (exact) mass is 401 g/mol. The largest absolute Gasteiger partial charge is 0.339 e. The molecule has 0 saturated heterocycles. The number of anilines is 4. The van der Waals surface area contributed by atoms with Crippen LogP contribution in [0.3, 0.4) is 0 Å². The van der Waals surface area contributed by atoms with E-state index in [0.717, 1.165) is 12.1 Å². The van der Waals surface area contributed by atoms with Crippen LogP contribution < -0.4 is 15.9 Å². The zero-order chi connectivity index (χ0) is 20.3. The third-order valence-electron chi connectivity index (χ3n) is 3.80. The van der Waals surface area contributed by atoms with Gasteiger partial charge in [-0.25, -0.2) is 4.98 Å². The van der Waals surface area contributed by atoms with E-state index in [2.05, 4.69) is 20.6 Å². The van der Waals surface area contributed by atoms with Crippen molar-refractivity contribution in [2.45, 2.75) is 0 Å². The highest BCUT2D eigenvalue weighted by Gasteiger charge is 2.17. The summed E-state index contributed by atoms with van der Waals surface area (Å²) >= 11 is 0. The lowest BCUT2D eigenvalue weighted by Crippen LogP contribution is -2.10. The fourth-order valence-corrected chi connectivity index (χ4v) is 3.69. The number of hydrogen-bond donors (Lipinski definition) is 2. The van der Waals surface area contributed by atoms with Crippen LogP contribution in [0.25, 0.3) is 0 Å². The molecule has 2 aromatic carbocycles. The average Bonchev–Trinajstić information content (AvgIpc) is 2.63. The van der Waals surface area contributed by atoms with Crippen LogP contribution >= 0.6 is 7.14 Å². The van der Waals surface area contributed by atoms with E-state index in [9.17, 15) is 19.1 Å². The molecular weight excluding hydrogens is 384 g/mol. The Balaban J connectivity index is 1.86. The summed E-state index contributed by atoms with van der Waals surface area (Å²) in [7, 11) is -2.50. The molecular formula is C18H17FN5O3P. The van der Waals surface area contributed by atoms with Gasteiger partial charge in [-0.05, 0) is 43.7 Å². The van der Waals surface area contributed by atoms with E-state index in [-0.39, 0.29) is 11.6 Å². The summed E-state index contributed by atoms with van der Waals surface area (Å²) in [5, 5.41) is 17.5. The van der Waals surface area contributed by atoms with Gasteiger partial charge in [-0.3, -0.25) is 10.1 Å². The van der Waals surface area contributed by atoms with Crippen molar-refractivity contribution in [2.24, 2.45) is 0 Å². The summed E-state index contributed by atoms with van der Waals surface area (Å²) in [6.45, 7) is 3.36. The first-order valence-corrected chi connectivity index (χ1v) is 10.8. The van der Waals surface area contributed by atoms with Crippen molar-refractivity contribution in [1.82, 2.24) is 9.97 Å². The Bertz CT molecular complexity index is 1090. The van der Waals surface area contributed by atoms with Crippen molar-refractivity contribution in [3.63, 3.8) is 0 Å². The van der Waals surface area contributed by atoms with Gasteiger partial charge in [0.05, 0.1) is 10.6 Å². The van der Waals surface area contributed by atoms with Crippen LogP contribution in [0, 0.1) is 15.9 Å². The molecule has 144 valence electrons. The minimum Gasteiger partial charge on any atom is -0.339 e. The predicted octanol–water partition coefficient (Wildman–Crippen LogP) is 4.26. The lowest BCUT2D eigenvalue weighted by Gasteiger charge is -2.15. The maximum atomic E-state index is 13.5. The van der Waals surface area contributed by atoms with Gasteiger partial charge in [0.1, 0.15) is 13.0 Å². The van der Waals surface area contributed by atoms with Gasteiger partial charge in [0, 0.05) is 23.3 Å². The van der Waals surface area contributed by atoms with E-state index < -0.39 is 23.6 Å². The Morgan fingerprint density at radius 2 is 1.86 bits per heavy atom. The molecule has 0 aliphatic heterocycles. The summed E-state index contributed by atoms with van der Waals surface area (Å²) in [6.07, 6.45) is 1.50. The number of rotatable bonds is 6. The van der Waals surface area contributed by atoms with Crippen LogP contribution in [0.5, 0.6) is 0 Å². The second-order valence-corrected chi connectivity index (χ2v) is 9.49. The van der Waals surface area contributed by atoms with E-state index in [1.807, 2.05) is 12.1 Å². The number of aromatic nitrogens is 2. The third kappa shape index (κ3) is 4.50. The molecule has 0 saturated carbocycles. The van der Waals surface area contributed by atoms with E-state index >= 15 is 0 Å². The molecule has 8 nitrogen and oxygen atoms in total. The lowest BCUT2D eigenvalue weighted by atomic mass is 10.2. The molecule has 0 unspecified atom stereocenters. The SMILES string of the molecule is CP(C)(=O)c1ccccc1Nc1ccnc(Nc2ccc(F)c([N+](=O)[O-])c2)n1. The highest BCUT2D eigenvalue weighted by molar-refractivity contribution is 7.70. The van der Waals surface area contributed by atoms with Gasteiger partial charge < -0.3 is 15.2 Å². The van der Waals surface area contributed by atoms with Crippen molar-refractivity contribution in [3.8, 4) is 0 Å². The second-order valence-electron chi connectivity index (χ2n) is 6.31. The first kappa shape index (κ1) is 19.4. The van der Waals surface area contributed by atoms with Crippen LogP contribution in [0.15, 0.2) is 54.7 Å². The van der Waals surface area contributed by atoms with Gasteiger partial charge >= 0.3 is 5.69 Å². The molecule has 3 rings (SSSR count). The first-order valence-electron chi connectivity index (χ1n) is 8.19. The molecule has 28 heavy (non-hydrogen) atoms. The van der Waals surface area contributed by atoms with Crippen molar-refractivity contribution >= 4 is 41.3 Å². The quantitative estimate of drug-likeness (QED) is 0.361. The molecule has 0 spiro atoms. The van der Waals surface area contributed by atoms with E-state index in [1.165, 1.54) is 12.3 Å². The third-order valence-corrected chi connectivity index (χ3v) is 5.35. The highest BCUT2D eigenvalue weighted by Crippen LogP contribution is 2.38. The number of hydrogen-bond acceptors (Lipinski definition) is 7. The van der Waals surface area contributed by atoms with Crippen LogP contribution in [0.4, 0.5) is 33.2 Å². The Morgan fingerprint density at radius 3 is 2.57 bits per heavy atom. The van der Waals surface area contributed by atoms with Crippen molar-refractivity contribution in [3.05, 3.63) is 70.7 Å². The van der Waals surface area contributed by atoms with Crippen molar-refractivity contribution < 1.29 is 13.9 Å². The Labute approximate surface area is 160 Å². The summed E-state index contributed by atoms with van der Waals surface area (Å²) < 4.78 is 25.9. The fraction of sp³-hybridized carbons (Fsp3) is 0.111. The first-order chi connectivity index (χ1) is 13.2. The Kier molecular flexibility index (Phi) is 5.37. The van der Waals surface area contributed by atoms with Gasteiger partial charge in [-0.2, -0.15) is 9.37 Å². The summed E-state index contributed by atoms with van der Waals surface area (Å²) in [5.41, 5.74) is 0.296. The number of nitro benzene ring substituents is 1. The molecule has 1 aromatic heterocycles. The van der Waals surface area contributed by atoms with Gasteiger partial charge in [0.25, 0.3) is 0 Å². The van der Waals surface area contributed by atoms with Crippen LogP contribution in [-0.4, -0.2) is 28.2 Å². The minimum absolute atomic E-state index is 0.166.